The molecule has 5 aromatic rings. The molecule has 3 aromatic carbocycles. The molecule has 214 valence electrons. The molecule has 0 radical (unpaired) electrons. The largest absolute Gasteiger partial charge is 0.345 e. The number of nitrogens with zero attached hydrogens (tertiary/aromatic N) is 4. The van der Waals surface area contributed by atoms with Gasteiger partial charge in [0.2, 0.25) is 0 Å². The lowest BCUT2D eigenvalue weighted by molar-refractivity contribution is 0.0827. The molecule has 2 aromatic heterocycles. The highest BCUT2D eigenvalue weighted by Crippen LogP contribution is 2.35. The van der Waals surface area contributed by atoms with Gasteiger partial charge in [0.15, 0.2) is 5.65 Å². The molecule has 3 heterocycles. The highest BCUT2D eigenvalue weighted by Gasteiger charge is 2.24. The number of fused-ring (bicyclic) bond motifs is 1. The molecule has 0 saturated carbocycles. The number of likely N-dealkylation sites (N-methyl/N-ethyl adjacent to an activating group) is 1. The monoisotopic (exact) mass is 578 g/mol. The van der Waals surface area contributed by atoms with Crippen molar-refractivity contribution in [2.75, 3.05) is 34.2 Å². The Morgan fingerprint density at radius 2 is 1.57 bits per heavy atom. The van der Waals surface area contributed by atoms with Gasteiger partial charge in [-0.2, -0.15) is 0 Å². The second kappa shape index (κ2) is 10.9. The molecule has 7 nitrogen and oxygen atoms in total. The molecular formula is C34H34N4O3S. The Kier molecular flexibility index (Phi) is 7.20. The van der Waals surface area contributed by atoms with Crippen LogP contribution in [0.4, 0.5) is 0 Å². The van der Waals surface area contributed by atoms with E-state index in [1.165, 1.54) is 14.4 Å². The summed E-state index contributed by atoms with van der Waals surface area (Å²) in [4.78, 5) is 21.3. The Balaban J connectivity index is 1.46. The SMILES string of the molecule is Cc1ccc(S(=O)(=O)n2cc(-c3ccc(C(=O)N(C)C)cc3)c3cc(-c4ccc(C5CCN(C)C5)cc4)cnc32)cc1. The molecule has 1 fully saturated rings. The molecule has 1 aliphatic rings. The maximum absolute atomic E-state index is 13.8. The first kappa shape index (κ1) is 27.9. The number of aryl methyl sites for hydroxylation is 1. The van der Waals surface area contributed by atoms with Crippen LogP contribution < -0.4 is 0 Å². The second-order valence-electron chi connectivity index (χ2n) is 11.4. The number of benzene rings is 3. The molecule has 1 unspecified atom stereocenters. The molecule has 8 heteroatoms. The minimum Gasteiger partial charge on any atom is -0.345 e. The van der Waals surface area contributed by atoms with Crippen molar-refractivity contribution < 1.29 is 13.2 Å². The maximum atomic E-state index is 13.8. The van der Waals surface area contributed by atoms with Gasteiger partial charge in [0, 0.05) is 55.1 Å². The highest BCUT2D eigenvalue weighted by atomic mass is 32.2. The standard InChI is InChI=1S/C34H34N4O3S/c1-23-5-15-30(16-6-23)42(40,41)38-22-32(26-11-13-27(14-12-26)34(39)36(2)3)31-19-29(20-35-33(31)38)25-9-7-24(8-10-25)28-17-18-37(4)21-28/h5-16,19-20,22,28H,17-18,21H2,1-4H3. The average molecular weight is 579 g/mol. The van der Waals surface area contributed by atoms with E-state index in [4.69, 9.17) is 4.98 Å². The lowest BCUT2D eigenvalue weighted by Crippen LogP contribution is -2.21. The first-order chi connectivity index (χ1) is 20.1. The Hall–Kier alpha value is -4.27. The Morgan fingerprint density at radius 1 is 0.905 bits per heavy atom. The van der Waals surface area contributed by atoms with Gasteiger partial charge in [0.25, 0.3) is 15.9 Å². The fraction of sp³-hybridized carbons (Fsp3) is 0.235. The van der Waals surface area contributed by atoms with Crippen LogP contribution in [-0.4, -0.2) is 67.3 Å². The van der Waals surface area contributed by atoms with E-state index in [2.05, 4.69) is 36.2 Å². The smallest absolute Gasteiger partial charge is 0.269 e. The van der Waals surface area contributed by atoms with Crippen LogP contribution in [0.15, 0.2) is 96.2 Å². The van der Waals surface area contributed by atoms with Gasteiger partial charge in [-0.1, -0.05) is 54.1 Å². The number of carbonyl (C=O) groups excluding carboxylic acids is 1. The minimum absolute atomic E-state index is 0.0948. The molecule has 1 saturated heterocycles. The number of pyridine rings is 1. The summed E-state index contributed by atoms with van der Waals surface area (Å²) in [6, 6.07) is 24.7. The molecule has 0 aliphatic carbocycles. The number of carbonyl (C=O) groups is 1. The zero-order valence-corrected chi connectivity index (χ0v) is 25.1. The van der Waals surface area contributed by atoms with Gasteiger partial charge in [-0.15, -0.1) is 0 Å². The third-order valence-electron chi connectivity index (χ3n) is 8.15. The van der Waals surface area contributed by atoms with Crippen LogP contribution >= 0.6 is 0 Å². The summed E-state index contributed by atoms with van der Waals surface area (Å²) in [5, 5.41) is 0.719. The van der Waals surface area contributed by atoms with Crippen molar-refractivity contribution >= 4 is 27.0 Å². The van der Waals surface area contributed by atoms with Crippen molar-refractivity contribution in [3.05, 3.63) is 108 Å². The summed E-state index contributed by atoms with van der Waals surface area (Å²) >= 11 is 0. The van der Waals surface area contributed by atoms with E-state index in [1.54, 1.807) is 62.9 Å². The van der Waals surface area contributed by atoms with Gasteiger partial charge in [-0.05, 0) is 79.9 Å². The van der Waals surface area contributed by atoms with Crippen molar-refractivity contribution in [3.8, 4) is 22.3 Å². The summed E-state index contributed by atoms with van der Waals surface area (Å²) < 4.78 is 28.9. The fourth-order valence-electron chi connectivity index (χ4n) is 5.68. The molecule has 42 heavy (non-hydrogen) atoms. The number of likely N-dealkylation sites (tertiary alicyclic amines) is 1. The van der Waals surface area contributed by atoms with E-state index in [9.17, 15) is 13.2 Å². The van der Waals surface area contributed by atoms with Crippen molar-refractivity contribution in [3.63, 3.8) is 0 Å². The van der Waals surface area contributed by atoms with Crippen molar-refractivity contribution in [1.82, 2.24) is 18.8 Å². The Bertz CT molecular complexity index is 1870. The fourth-order valence-corrected chi connectivity index (χ4v) is 7.00. The topological polar surface area (TPSA) is 75.5 Å². The van der Waals surface area contributed by atoms with Crippen LogP contribution in [0.3, 0.4) is 0 Å². The van der Waals surface area contributed by atoms with Crippen molar-refractivity contribution in [2.24, 2.45) is 0 Å². The van der Waals surface area contributed by atoms with Crippen LogP contribution in [0.1, 0.15) is 33.8 Å². The van der Waals surface area contributed by atoms with Gasteiger partial charge in [0.05, 0.1) is 4.90 Å². The van der Waals surface area contributed by atoms with E-state index in [-0.39, 0.29) is 10.8 Å². The first-order valence-electron chi connectivity index (χ1n) is 14.1. The van der Waals surface area contributed by atoms with E-state index in [0.717, 1.165) is 52.7 Å². The quantitative estimate of drug-likeness (QED) is 0.246. The van der Waals surface area contributed by atoms with Gasteiger partial charge in [0.1, 0.15) is 0 Å². The summed E-state index contributed by atoms with van der Waals surface area (Å²) in [5.74, 6) is 0.446. The first-order valence-corrected chi connectivity index (χ1v) is 15.5. The lowest BCUT2D eigenvalue weighted by atomic mass is 9.95. The maximum Gasteiger partial charge on any atom is 0.269 e. The summed E-state index contributed by atoms with van der Waals surface area (Å²) in [5.41, 5.74) is 6.68. The summed E-state index contributed by atoms with van der Waals surface area (Å²) in [6.07, 6.45) is 4.54. The van der Waals surface area contributed by atoms with E-state index in [1.807, 2.05) is 25.1 Å². The third kappa shape index (κ3) is 5.12. The predicted molar refractivity (Wildman–Crippen MR) is 167 cm³/mol. The van der Waals surface area contributed by atoms with E-state index in [0.29, 0.717) is 17.1 Å². The Labute approximate surface area is 247 Å². The number of hydrogen-bond donors (Lipinski definition) is 0. The molecule has 1 amide bonds. The Morgan fingerprint density at radius 3 is 2.19 bits per heavy atom. The highest BCUT2D eigenvalue weighted by molar-refractivity contribution is 7.90. The molecular weight excluding hydrogens is 544 g/mol. The lowest BCUT2D eigenvalue weighted by Gasteiger charge is -2.12. The zero-order chi connectivity index (χ0) is 29.6. The minimum atomic E-state index is -3.91. The van der Waals surface area contributed by atoms with Crippen molar-refractivity contribution in [1.29, 1.82) is 0 Å². The van der Waals surface area contributed by atoms with Gasteiger partial charge in [-0.25, -0.2) is 17.4 Å². The van der Waals surface area contributed by atoms with Crippen LogP contribution in [0.2, 0.25) is 0 Å². The van der Waals surface area contributed by atoms with Crippen LogP contribution in [0.5, 0.6) is 0 Å². The summed E-state index contributed by atoms with van der Waals surface area (Å²) in [7, 11) is 1.68. The molecule has 1 atom stereocenters. The van der Waals surface area contributed by atoms with Gasteiger partial charge < -0.3 is 9.80 Å². The zero-order valence-electron chi connectivity index (χ0n) is 24.3. The molecule has 0 N–H and O–H groups in total. The van der Waals surface area contributed by atoms with Crippen LogP contribution in [0, 0.1) is 6.92 Å². The van der Waals surface area contributed by atoms with E-state index < -0.39 is 10.0 Å². The number of hydrogen-bond acceptors (Lipinski definition) is 5. The molecule has 0 spiro atoms. The number of rotatable bonds is 6. The van der Waals surface area contributed by atoms with Crippen LogP contribution in [0.25, 0.3) is 33.3 Å². The predicted octanol–water partition coefficient (Wildman–Crippen LogP) is 6.04. The van der Waals surface area contributed by atoms with Crippen LogP contribution in [-0.2, 0) is 10.0 Å². The average Bonchev–Trinajstić information content (AvgIpc) is 3.61. The van der Waals surface area contributed by atoms with Crippen molar-refractivity contribution in [2.45, 2.75) is 24.2 Å². The van der Waals surface area contributed by atoms with Gasteiger partial charge >= 0.3 is 0 Å². The third-order valence-corrected chi connectivity index (χ3v) is 9.81. The normalized spacial score (nSPS) is 15.8. The number of amides is 1. The molecule has 1 aliphatic heterocycles. The van der Waals surface area contributed by atoms with E-state index >= 15 is 0 Å². The molecule has 6 rings (SSSR count). The van der Waals surface area contributed by atoms with Gasteiger partial charge in [-0.3, -0.25) is 4.79 Å². The number of aromatic nitrogens is 2. The molecule has 0 bridgehead atoms. The summed E-state index contributed by atoms with van der Waals surface area (Å²) in [6.45, 7) is 4.10. The second-order valence-corrected chi connectivity index (χ2v) is 13.2.